The number of carbonyl (C=O) groups excluding carboxylic acids is 2. The zero-order valence-electron chi connectivity index (χ0n) is 12.7. The summed E-state index contributed by atoms with van der Waals surface area (Å²) >= 11 is 0. The van der Waals surface area contributed by atoms with Crippen molar-refractivity contribution in [3.63, 3.8) is 0 Å². The third-order valence-electron chi connectivity index (χ3n) is 5.01. The number of rotatable bonds is 3. The fourth-order valence-electron chi connectivity index (χ4n) is 3.74. The molecule has 1 atom stereocenters. The first-order valence-corrected chi connectivity index (χ1v) is 7.86. The summed E-state index contributed by atoms with van der Waals surface area (Å²) in [6.45, 7) is 3.11. The molecular formula is C17H20ClN3O2. The molecule has 6 heteroatoms. The van der Waals surface area contributed by atoms with Crippen molar-refractivity contribution >= 4 is 35.0 Å². The van der Waals surface area contributed by atoms with Gasteiger partial charge in [0.05, 0.1) is 5.56 Å². The highest BCUT2D eigenvalue weighted by Crippen LogP contribution is 2.27. The van der Waals surface area contributed by atoms with Crippen LogP contribution in [0.25, 0.3) is 10.9 Å². The van der Waals surface area contributed by atoms with Crippen molar-refractivity contribution in [3.8, 4) is 0 Å². The maximum absolute atomic E-state index is 12.5. The van der Waals surface area contributed by atoms with Crippen LogP contribution in [0.15, 0.2) is 30.5 Å². The summed E-state index contributed by atoms with van der Waals surface area (Å²) in [5.74, 6) is -0.415. The molecule has 5 nitrogen and oxygen atoms in total. The van der Waals surface area contributed by atoms with Gasteiger partial charge in [-0.15, -0.1) is 12.4 Å². The standard InChI is InChI=1S/C17H19N3O2.ClH/c21-16(13-9-18-14-4-2-1-3-12(13)14)17(22)19-15-10-20-7-5-11(15)6-8-20;/h1-4,9,11,15,18H,5-8,10H2,(H,19,22);1H/t15-;/m0./s1. The Morgan fingerprint density at radius 2 is 1.91 bits per heavy atom. The summed E-state index contributed by atoms with van der Waals surface area (Å²) in [6.07, 6.45) is 3.86. The maximum atomic E-state index is 12.5. The number of aromatic nitrogens is 1. The van der Waals surface area contributed by atoms with Crippen LogP contribution in [0.2, 0.25) is 0 Å². The van der Waals surface area contributed by atoms with Gasteiger partial charge >= 0.3 is 0 Å². The summed E-state index contributed by atoms with van der Waals surface area (Å²) in [5.41, 5.74) is 1.33. The number of nitrogens with one attached hydrogen (secondary N) is 2. The van der Waals surface area contributed by atoms with Gasteiger partial charge in [-0.3, -0.25) is 9.59 Å². The van der Waals surface area contributed by atoms with E-state index < -0.39 is 11.7 Å². The SMILES string of the molecule is Cl.O=C(N[C@H]1CN2CCC1CC2)C(=O)c1c[nH]c2ccccc12. The van der Waals surface area contributed by atoms with Crippen LogP contribution < -0.4 is 5.32 Å². The molecule has 23 heavy (non-hydrogen) atoms. The topological polar surface area (TPSA) is 65.2 Å². The molecule has 0 saturated carbocycles. The van der Waals surface area contributed by atoms with Crippen molar-refractivity contribution in [2.75, 3.05) is 19.6 Å². The zero-order valence-corrected chi connectivity index (χ0v) is 13.6. The molecular weight excluding hydrogens is 314 g/mol. The second-order valence-corrected chi connectivity index (χ2v) is 6.30. The number of halogens is 1. The first-order chi connectivity index (χ1) is 10.7. The predicted molar refractivity (Wildman–Crippen MR) is 91.0 cm³/mol. The molecule has 3 aliphatic heterocycles. The molecule has 3 aliphatic rings. The number of H-pyrrole nitrogens is 1. The number of hydrogen-bond donors (Lipinski definition) is 2. The van der Waals surface area contributed by atoms with Crippen LogP contribution in [0, 0.1) is 5.92 Å². The fourth-order valence-corrected chi connectivity index (χ4v) is 3.74. The minimum absolute atomic E-state index is 0. The smallest absolute Gasteiger partial charge is 0.292 e. The fraction of sp³-hybridized carbons (Fsp3) is 0.412. The number of amides is 1. The van der Waals surface area contributed by atoms with Gasteiger partial charge in [-0.05, 0) is 37.9 Å². The average molecular weight is 334 g/mol. The zero-order chi connectivity index (χ0) is 15.1. The van der Waals surface area contributed by atoms with E-state index in [4.69, 9.17) is 0 Å². The normalized spacial score (nSPS) is 25.8. The summed E-state index contributed by atoms with van der Waals surface area (Å²) in [6, 6.07) is 7.65. The Morgan fingerprint density at radius 3 is 2.61 bits per heavy atom. The largest absolute Gasteiger partial charge is 0.360 e. The Morgan fingerprint density at radius 1 is 1.17 bits per heavy atom. The van der Waals surface area contributed by atoms with Crippen LogP contribution in [0.4, 0.5) is 0 Å². The van der Waals surface area contributed by atoms with E-state index in [2.05, 4.69) is 15.2 Å². The van der Waals surface area contributed by atoms with Crippen molar-refractivity contribution in [3.05, 3.63) is 36.0 Å². The number of nitrogens with zero attached hydrogens (tertiary/aromatic N) is 1. The quantitative estimate of drug-likeness (QED) is 0.667. The number of piperidine rings is 3. The number of fused-ring (bicyclic) bond motifs is 4. The lowest BCUT2D eigenvalue weighted by Gasteiger charge is -2.44. The monoisotopic (exact) mass is 333 g/mol. The van der Waals surface area contributed by atoms with E-state index >= 15 is 0 Å². The molecule has 1 amide bonds. The van der Waals surface area contributed by atoms with Gasteiger partial charge in [0, 0.05) is 29.7 Å². The minimum Gasteiger partial charge on any atom is -0.360 e. The van der Waals surface area contributed by atoms with Gasteiger partial charge < -0.3 is 15.2 Å². The van der Waals surface area contributed by atoms with E-state index in [0.717, 1.165) is 43.4 Å². The van der Waals surface area contributed by atoms with Crippen LogP contribution in [-0.2, 0) is 4.79 Å². The van der Waals surface area contributed by atoms with Gasteiger partial charge in [-0.2, -0.15) is 0 Å². The van der Waals surface area contributed by atoms with Gasteiger partial charge in [0.1, 0.15) is 0 Å². The molecule has 0 radical (unpaired) electrons. The molecule has 1 aromatic carbocycles. The number of hydrogen-bond acceptors (Lipinski definition) is 3. The molecule has 2 aromatic rings. The van der Waals surface area contributed by atoms with Gasteiger partial charge in [0.15, 0.2) is 0 Å². The van der Waals surface area contributed by atoms with Gasteiger partial charge in [-0.25, -0.2) is 0 Å². The maximum Gasteiger partial charge on any atom is 0.292 e. The third kappa shape index (κ3) is 2.86. The van der Waals surface area contributed by atoms with Crippen molar-refractivity contribution < 1.29 is 9.59 Å². The highest BCUT2D eigenvalue weighted by molar-refractivity contribution is 6.45. The molecule has 4 heterocycles. The molecule has 0 spiro atoms. The number of carbonyl (C=O) groups is 2. The second-order valence-electron chi connectivity index (χ2n) is 6.30. The summed E-state index contributed by atoms with van der Waals surface area (Å²) in [4.78, 5) is 30.2. The Balaban J connectivity index is 0.00000156. The lowest BCUT2D eigenvalue weighted by Crippen LogP contribution is -2.58. The molecule has 5 rings (SSSR count). The number of benzene rings is 1. The molecule has 3 fully saturated rings. The second kappa shape index (κ2) is 6.34. The lowest BCUT2D eigenvalue weighted by atomic mass is 9.84. The third-order valence-corrected chi connectivity index (χ3v) is 5.01. The van der Waals surface area contributed by atoms with E-state index in [9.17, 15) is 9.59 Å². The summed E-state index contributed by atoms with van der Waals surface area (Å²) < 4.78 is 0. The Labute approximate surface area is 140 Å². The van der Waals surface area contributed by atoms with Crippen molar-refractivity contribution in [2.45, 2.75) is 18.9 Å². The number of aromatic amines is 1. The predicted octanol–water partition coefficient (Wildman–Crippen LogP) is 1.98. The Kier molecular flexibility index (Phi) is 4.41. The highest BCUT2D eigenvalue weighted by Gasteiger charge is 2.36. The van der Waals surface area contributed by atoms with Crippen LogP contribution in [0.3, 0.4) is 0 Å². The Bertz CT molecular complexity index is 734. The van der Waals surface area contributed by atoms with Crippen LogP contribution >= 0.6 is 12.4 Å². The molecule has 1 aromatic heterocycles. The number of ketones is 1. The van der Waals surface area contributed by atoms with Crippen LogP contribution in [0.5, 0.6) is 0 Å². The highest BCUT2D eigenvalue weighted by atomic mass is 35.5. The number of para-hydroxylation sites is 1. The van der Waals surface area contributed by atoms with Crippen LogP contribution in [0.1, 0.15) is 23.2 Å². The van der Waals surface area contributed by atoms with Gasteiger partial charge in [0.25, 0.3) is 11.7 Å². The van der Waals surface area contributed by atoms with Gasteiger partial charge in [0.2, 0.25) is 0 Å². The van der Waals surface area contributed by atoms with E-state index in [0.29, 0.717) is 11.5 Å². The molecule has 0 aliphatic carbocycles. The average Bonchev–Trinajstić information content (AvgIpc) is 2.99. The first kappa shape index (κ1) is 16.0. The van der Waals surface area contributed by atoms with E-state index in [1.165, 1.54) is 0 Å². The van der Waals surface area contributed by atoms with E-state index in [-0.39, 0.29) is 18.4 Å². The van der Waals surface area contributed by atoms with Crippen molar-refractivity contribution in [1.82, 2.24) is 15.2 Å². The number of Topliss-reactive ketones (excluding diaryl/α,β-unsaturated/α-hetero) is 1. The molecule has 2 bridgehead atoms. The van der Waals surface area contributed by atoms with Gasteiger partial charge in [-0.1, -0.05) is 18.2 Å². The van der Waals surface area contributed by atoms with E-state index in [1.807, 2.05) is 24.3 Å². The summed E-state index contributed by atoms with van der Waals surface area (Å²) in [5, 5.41) is 3.76. The molecule has 3 saturated heterocycles. The van der Waals surface area contributed by atoms with Crippen LogP contribution in [-0.4, -0.2) is 47.3 Å². The lowest BCUT2D eigenvalue weighted by molar-refractivity contribution is -0.119. The van der Waals surface area contributed by atoms with E-state index in [1.54, 1.807) is 6.20 Å². The molecule has 2 N–H and O–H groups in total. The molecule has 0 unspecified atom stereocenters. The minimum atomic E-state index is -0.483. The van der Waals surface area contributed by atoms with Crippen molar-refractivity contribution in [1.29, 1.82) is 0 Å². The summed E-state index contributed by atoms with van der Waals surface area (Å²) in [7, 11) is 0. The Hall–Kier alpha value is -1.85. The first-order valence-electron chi connectivity index (χ1n) is 7.86. The van der Waals surface area contributed by atoms with Crippen molar-refractivity contribution in [2.24, 2.45) is 5.92 Å². The molecule has 122 valence electrons.